The number of carbonyl (C=O) groups is 2. The molecule has 0 radical (unpaired) electrons. The number of rotatable bonds is 4. The monoisotopic (exact) mass is 349 g/mol. The third-order valence-electron chi connectivity index (χ3n) is 5.17. The molecule has 0 unspecified atom stereocenters. The largest absolute Gasteiger partial charge is 0.374 e. The summed E-state index contributed by atoms with van der Waals surface area (Å²) in [5, 5.41) is 3.25. The Kier molecular flexibility index (Phi) is 4.37. The molecule has 1 fully saturated rings. The summed E-state index contributed by atoms with van der Waals surface area (Å²) < 4.78 is 0. The quantitative estimate of drug-likeness (QED) is 0.922. The summed E-state index contributed by atoms with van der Waals surface area (Å²) in [7, 11) is 0. The molecule has 2 aromatic rings. The Morgan fingerprint density at radius 1 is 1.12 bits per heavy atom. The molecule has 2 aliphatic rings. The fraction of sp³-hybridized carbons (Fsp3) is 0.333. The smallest absolute Gasteiger partial charge is 0.246 e. The van der Waals surface area contributed by atoms with Gasteiger partial charge in [0.2, 0.25) is 11.8 Å². The number of nitrogens with zero attached hydrogens (tertiary/aromatic N) is 2. The first-order valence-electron chi connectivity index (χ1n) is 9.18. The number of nitrogens with one attached hydrogen (secondary N) is 1. The van der Waals surface area contributed by atoms with E-state index in [-0.39, 0.29) is 24.4 Å². The van der Waals surface area contributed by atoms with E-state index in [1.54, 1.807) is 4.90 Å². The predicted molar refractivity (Wildman–Crippen MR) is 104 cm³/mol. The number of amides is 2. The van der Waals surface area contributed by atoms with E-state index in [9.17, 15) is 9.59 Å². The van der Waals surface area contributed by atoms with Crippen molar-refractivity contribution in [3.8, 4) is 0 Å². The molecule has 2 heterocycles. The van der Waals surface area contributed by atoms with Crippen LogP contribution in [-0.4, -0.2) is 30.9 Å². The summed E-state index contributed by atoms with van der Waals surface area (Å²) in [6.07, 6.45) is 2.37. The Labute approximate surface area is 153 Å². The topological polar surface area (TPSA) is 52.7 Å². The van der Waals surface area contributed by atoms with Crippen LogP contribution in [-0.2, 0) is 16.0 Å². The molecular formula is C21H23N3O2. The molecule has 2 amide bonds. The van der Waals surface area contributed by atoms with Crippen LogP contribution in [0.2, 0.25) is 0 Å². The number of hydrogen-bond acceptors (Lipinski definition) is 3. The van der Waals surface area contributed by atoms with Crippen molar-refractivity contribution in [1.82, 2.24) is 0 Å². The molecule has 2 aromatic carbocycles. The van der Waals surface area contributed by atoms with Crippen LogP contribution in [0.4, 0.5) is 17.1 Å². The number of fused-ring (bicyclic) bond motifs is 1. The Hall–Kier alpha value is -2.82. The maximum atomic E-state index is 12.9. The maximum absolute atomic E-state index is 12.9. The fourth-order valence-electron chi connectivity index (χ4n) is 3.96. The van der Waals surface area contributed by atoms with Crippen LogP contribution in [0.3, 0.4) is 0 Å². The normalized spacial score (nSPS) is 19.0. The van der Waals surface area contributed by atoms with Crippen LogP contribution in [0.25, 0.3) is 0 Å². The summed E-state index contributed by atoms with van der Waals surface area (Å²) in [4.78, 5) is 28.6. The van der Waals surface area contributed by atoms with Gasteiger partial charge in [-0.2, -0.15) is 0 Å². The Morgan fingerprint density at radius 2 is 1.85 bits per heavy atom. The lowest BCUT2D eigenvalue weighted by atomic mass is 10.1. The zero-order valence-electron chi connectivity index (χ0n) is 14.9. The van der Waals surface area contributed by atoms with Crippen LogP contribution >= 0.6 is 0 Å². The van der Waals surface area contributed by atoms with Gasteiger partial charge in [-0.3, -0.25) is 9.59 Å². The van der Waals surface area contributed by atoms with Gasteiger partial charge in [0, 0.05) is 24.7 Å². The molecule has 1 saturated heterocycles. The van der Waals surface area contributed by atoms with Crippen molar-refractivity contribution >= 4 is 28.9 Å². The lowest BCUT2D eigenvalue weighted by Gasteiger charge is -2.24. The van der Waals surface area contributed by atoms with Gasteiger partial charge in [-0.05, 0) is 43.5 Å². The summed E-state index contributed by atoms with van der Waals surface area (Å²) in [5.74, 6) is 0.192. The second kappa shape index (κ2) is 6.83. The Morgan fingerprint density at radius 3 is 2.62 bits per heavy atom. The van der Waals surface area contributed by atoms with Crippen molar-refractivity contribution in [2.24, 2.45) is 0 Å². The highest BCUT2D eigenvalue weighted by atomic mass is 16.2. The third-order valence-corrected chi connectivity index (χ3v) is 5.17. The first-order chi connectivity index (χ1) is 12.6. The van der Waals surface area contributed by atoms with Gasteiger partial charge in [-0.1, -0.05) is 30.3 Å². The highest BCUT2D eigenvalue weighted by Crippen LogP contribution is 2.32. The first kappa shape index (κ1) is 16.6. The zero-order valence-corrected chi connectivity index (χ0v) is 14.9. The minimum absolute atomic E-state index is 0.0463. The van der Waals surface area contributed by atoms with Gasteiger partial charge in [-0.25, -0.2) is 0 Å². The predicted octanol–water partition coefficient (Wildman–Crippen LogP) is 3.20. The van der Waals surface area contributed by atoms with Crippen molar-refractivity contribution in [2.45, 2.75) is 32.2 Å². The average Bonchev–Trinajstić information content (AvgIpc) is 3.22. The van der Waals surface area contributed by atoms with Crippen LogP contribution in [0, 0.1) is 0 Å². The molecule has 4 rings (SSSR count). The van der Waals surface area contributed by atoms with E-state index in [0.29, 0.717) is 6.42 Å². The van der Waals surface area contributed by atoms with E-state index < -0.39 is 0 Å². The third kappa shape index (κ3) is 2.94. The summed E-state index contributed by atoms with van der Waals surface area (Å²) in [6, 6.07) is 15.9. The Bertz CT molecular complexity index is 849. The molecule has 0 aliphatic carbocycles. The molecule has 0 aromatic heterocycles. The number of hydrogen-bond donors (Lipinski definition) is 1. The van der Waals surface area contributed by atoms with Crippen molar-refractivity contribution in [2.75, 3.05) is 28.2 Å². The van der Waals surface area contributed by atoms with Crippen molar-refractivity contribution in [3.05, 3.63) is 54.1 Å². The van der Waals surface area contributed by atoms with Gasteiger partial charge in [0.1, 0.15) is 0 Å². The van der Waals surface area contributed by atoms with Crippen LogP contribution in [0.15, 0.2) is 48.5 Å². The second-order valence-corrected chi connectivity index (χ2v) is 6.97. The van der Waals surface area contributed by atoms with Gasteiger partial charge in [-0.15, -0.1) is 0 Å². The van der Waals surface area contributed by atoms with Crippen LogP contribution in [0.1, 0.15) is 25.3 Å². The van der Waals surface area contributed by atoms with E-state index >= 15 is 0 Å². The molecular weight excluding hydrogens is 326 g/mol. The van der Waals surface area contributed by atoms with E-state index in [2.05, 4.69) is 18.3 Å². The Balaban J connectivity index is 1.50. The van der Waals surface area contributed by atoms with Gasteiger partial charge in [0.05, 0.1) is 17.9 Å². The molecule has 134 valence electrons. The molecule has 0 spiro atoms. The second-order valence-electron chi connectivity index (χ2n) is 6.97. The summed E-state index contributed by atoms with van der Waals surface area (Å²) in [6.45, 7) is 3.02. The van der Waals surface area contributed by atoms with E-state index in [1.165, 1.54) is 5.56 Å². The van der Waals surface area contributed by atoms with E-state index in [4.69, 9.17) is 0 Å². The van der Waals surface area contributed by atoms with Gasteiger partial charge < -0.3 is 15.1 Å². The van der Waals surface area contributed by atoms with E-state index in [1.807, 2.05) is 47.4 Å². The molecule has 1 atom stereocenters. The summed E-state index contributed by atoms with van der Waals surface area (Å²) >= 11 is 0. The number of anilines is 3. The van der Waals surface area contributed by atoms with Gasteiger partial charge in [0.15, 0.2) is 0 Å². The first-order valence-corrected chi connectivity index (χ1v) is 9.18. The molecule has 1 N–H and O–H groups in total. The standard InChI is InChI=1S/C21H23N3O2/c1-15-13-16-7-2-4-9-18(16)24(15)21(26)14-22-17-8-3-5-10-19(17)23-12-6-11-20(23)25/h2-5,7-10,15,22H,6,11-14H2,1H3/t15-/m1/s1. The maximum Gasteiger partial charge on any atom is 0.246 e. The molecule has 5 nitrogen and oxygen atoms in total. The fourth-order valence-corrected chi connectivity index (χ4v) is 3.96. The van der Waals surface area contributed by atoms with Crippen LogP contribution < -0.4 is 15.1 Å². The SMILES string of the molecule is C[C@@H]1Cc2ccccc2N1C(=O)CNc1ccccc1N1CCCC1=O. The minimum atomic E-state index is 0.0463. The zero-order chi connectivity index (χ0) is 18.1. The minimum Gasteiger partial charge on any atom is -0.374 e. The van der Waals surface area contributed by atoms with Crippen LogP contribution in [0.5, 0.6) is 0 Å². The number of carbonyl (C=O) groups excluding carboxylic acids is 2. The number of para-hydroxylation sites is 3. The van der Waals surface area contributed by atoms with Crippen molar-refractivity contribution in [1.29, 1.82) is 0 Å². The summed E-state index contributed by atoms with van der Waals surface area (Å²) in [5.41, 5.74) is 3.92. The molecule has 26 heavy (non-hydrogen) atoms. The average molecular weight is 349 g/mol. The molecule has 5 heteroatoms. The highest BCUT2D eigenvalue weighted by molar-refractivity contribution is 6.01. The van der Waals surface area contributed by atoms with E-state index in [0.717, 1.165) is 36.4 Å². The molecule has 0 bridgehead atoms. The molecule has 0 saturated carbocycles. The lowest BCUT2D eigenvalue weighted by molar-refractivity contribution is -0.117. The molecule has 2 aliphatic heterocycles. The van der Waals surface area contributed by atoms with Gasteiger partial charge >= 0.3 is 0 Å². The van der Waals surface area contributed by atoms with Gasteiger partial charge in [0.25, 0.3) is 0 Å². The lowest BCUT2D eigenvalue weighted by Crippen LogP contribution is -2.39. The number of benzene rings is 2. The van der Waals surface area contributed by atoms with Crippen molar-refractivity contribution in [3.63, 3.8) is 0 Å². The van der Waals surface area contributed by atoms with Crippen molar-refractivity contribution < 1.29 is 9.59 Å². The highest BCUT2D eigenvalue weighted by Gasteiger charge is 2.30.